The second kappa shape index (κ2) is 7.87. The third-order valence-electron chi connectivity index (χ3n) is 1.91. The van der Waals surface area contributed by atoms with E-state index in [4.69, 9.17) is 0 Å². The van der Waals surface area contributed by atoms with Gasteiger partial charge < -0.3 is 10.7 Å². The van der Waals surface area contributed by atoms with Crippen LogP contribution in [0, 0.1) is 6.92 Å². The Morgan fingerprint density at radius 1 is 1.12 bits per heavy atom. The summed E-state index contributed by atoms with van der Waals surface area (Å²) in [6.45, 7) is 6.09. The van der Waals surface area contributed by atoms with Crippen molar-refractivity contribution in [1.82, 2.24) is 4.98 Å². The number of fused-ring (bicyclic) bond motifs is 1. The summed E-state index contributed by atoms with van der Waals surface area (Å²) in [7, 11) is 1.50. The quantitative estimate of drug-likeness (QED) is 0.716. The number of rotatable bonds is 0. The lowest BCUT2D eigenvalue weighted by atomic mass is 10.2. The van der Waals surface area contributed by atoms with E-state index in [1.807, 2.05) is 26.1 Å². The van der Waals surface area contributed by atoms with Gasteiger partial charge in [-0.3, -0.25) is 0 Å². The molecule has 2 aromatic rings. The van der Waals surface area contributed by atoms with Gasteiger partial charge >= 0.3 is 0 Å². The van der Waals surface area contributed by atoms with Crippen LogP contribution in [0.2, 0.25) is 0 Å². The molecular formula is C12H18Br2N2. The van der Waals surface area contributed by atoms with Crippen LogP contribution in [0.3, 0.4) is 0 Å². The van der Waals surface area contributed by atoms with Crippen molar-refractivity contribution in [1.29, 1.82) is 0 Å². The minimum absolute atomic E-state index is 1.10. The SMILES string of the molecule is CC.CN.Cc1c[nH]c2c(Br)cc(Br)cc12. The molecule has 0 amide bonds. The molecule has 16 heavy (non-hydrogen) atoms. The summed E-state index contributed by atoms with van der Waals surface area (Å²) in [5.41, 5.74) is 6.93. The van der Waals surface area contributed by atoms with E-state index >= 15 is 0 Å². The van der Waals surface area contributed by atoms with Gasteiger partial charge in [0.2, 0.25) is 0 Å². The average molecular weight is 350 g/mol. The van der Waals surface area contributed by atoms with Crippen molar-refractivity contribution < 1.29 is 0 Å². The van der Waals surface area contributed by atoms with Gasteiger partial charge in [-0.1, -0.05) is 29.8 Å². The Bertz CT molecular complexity index is 436. The van der Waals surface area contributed by atoms with Gasteiger partial charge in [-0.15, -0.1) is 0 Å². The molecule has 0 spiro atoms. The molecule has 0 aliphatic carbocycles. The lowest BCUT2D eigenvalue weighted by Crippen LogP contribution is -1.72. The third kappa shape index (κ3) is 3.61. The largest absolute Gasteiger partial charge is 0.360 e. The molecule has 1 aromatic heterocycles. The van der Waals surface area contributed by atoms with Gasteiger partial charge in [-0.25, -0.2) is 0 Å². The van der Waals surface area contributed by atoms with E-state index < -0.39 is 0 Å². The minimum Gasteiger partial charge on any atom is -0.360 e. The molecule has 0 bridgehead atoms. The van der Waals surface area contributed by atoms with Crippen molar-refractivity contribution in [2.24, 2.45) is 5.73 Å². The van der Waals surface area contributed by atoms with Crippen molar-refractivity contribution in [3.63, 3.8) is 0 Å². The van der Waals surface area contributed by atoms with E-state index in [0.29, 0.717) is 0 Å². The normalized spacial score (nSPS) is 8.94. The molecule has 0 saturated carbocycles. The molecule has 3 N–H and O–H groups in total. The summed E-state index contributed by atoms with van der Waals surface area (Å²) in [5, 5.41) is 1.26. The van der Waals surface area contributed by atoms with Crippen LogP contribution in [0.4, 0.5) is 0 Å². The van der Waals surface area contributed by atoms with Crippen LogP contribution in [-0.2, 0) is 0 Å². The third-order valence-corrected chi connectivity index (χ3v) is 3.00. The Kier molecular flexibility index (Phi) is 7.72. The molecular weight excluding hydrogens is 332 g/mol. The van der Waals surface area contributed by atoms with E-state index in [1.165, 1.54) is 18.0 Å². The van der Waals surface area contributed by atoms with Crippen molar-refractivity contribution in [3.8, 4) is 0 Å². The van der Waals surface area contributed by atoms with Crippen LogP contribution in [0.1, 0.15) is 19.4 Å². The summed E-state index contributed by atoms with van der Waals surface area (Å²) in [5.74, 6) is 0. The highest BCUT2D eigenvalue weighted by atomic mass is 79.9. The van der Waals surface area contributed by atoms with Crippen LogP contribution in [0.25, 0.3) is 10.9 Å². The standard InChI is InChI=1S/C9H7Br2N.C2H6.CH5N/c1-5-4-12-9-7(5)2-6(10)3-8(9)11;2*1-2/h2-4,12H,1H3;1-2H3;2H2,1H3. The molecule has 2 rings (SSSR count). The summed E-state index contributed by atoms with van der Waals surface area (Å²) < 4.78 is 2.20. The van der Waals surface area contributed by atoms with Gasteiger partial charge in [0.1, 0.15) is 0 Å². The summed E-state index contributed by atoms with van der Waals surface area (Å²) in [4.78, 5) is 3.22. The zero-order valence-corrected chi connectivity index (χ0v) is 13.2. The number of H-pyrrole nitrogens is 1. The molecule has 0 saturated heterocycles. The fraction of sp³-hybridized carbons (Fsp3) is 0.333. The zero-order chi connectivity index (χ0) is 12.7. The summed E-state index contributed by atoms with van der Waals surface area (Å²) in [6, 6.07) is 4.16. The number of halogens is 2. The van der Waals surface area contributed by atoms with Crippen molar-refractivity contribution in [3.05, 3.63) is 32.8 Å². The molecule has 0 atom stereocenters. The number of hydrogen-bond donors (Lipinski definition) is 2. The number of aryl methyl sites for hydroxylation is 1. The fourth-order valence-electron chi connectivity index (χ4n) is 1.29. The highest BCUT2D eigenvalue weighted by Crippen LogP contribution is 2.29. The first-order valence-corrected chi connectivity index (χ1v) is 6.77. The first kappa shape index (κ1) is 15.7. The smallest absolute Gasteiger partial charge is 0.0601 e. The van der Waals surface area contributed by atoms with Gasteiger partial charge in [0.25, 0.3) is 0 Å². The van der Waals surface area contributed by atoms with E-state index in [-0.39, 0.29) is 0 Å². The maximum atomic E-state index is 4.50. The van der Waals surface area contributed by atoms with Crippen LogP contribution in [0.15, 0.2) is 27.3 Å². The van der Waals surface area contributed by atoms with E-state index in [9.17, 15) is 0 Å². The summed E-state index contributed by atoms with van der Waals surface area (Å²) in [6.07, 6.45) is 2.02. The van der Waals surface area contributed by atoms with Crippen molar-refractivity contribution in [2.75, 3.05) is 7.05 Å². The Labute approximate surface area is 114 Å². The van der Waals surface area contributed by atoms with Crippen LogP contribution >= 0.6 is 31.9 Å². The lowest BCUT2D eigenvalue weighted by molar-refractivity contribution is 1.42. The molecule has 0 aliphatic heterocycles. The zero-order valence-electron chi connectivity index (χ0n) is 10.1. The maximum absolute atomic E-state index is 4.50. The van der Waals surface area contributed by atoms with Crippen molar-refractivity contribution >= 4 is 42.8 Å². The molecule has 1 aromatic carbocycles. The Hall–Kier alpha value is -0.320. The van der Waals surface area contributed by atoms with E-state index in [1.54, 1.807) is 0 Å². The fourth-order valence-corrected chi connectivity index (χ4v) is 2.63. The maximum Gasteiger partial charge on any atom is 0.0601 e. The van der Waals surface area contributed by atoms with Gasteiger partial charge in [0.05, 0.1) is 5.52 Å². The molecule has 0 unspecified atom stereocenters. The molecule has 90 valence electrons. The Balaban J connectivity index is 0.000000509. The molecule has 4 heteroatoms. The number of hydrogen-bond acceptors (Lipinski definition) is 1. The Morgan fingerprint density at radius 2 is 1.69 bits per heavy atom. The van der Waals surface area contributed by atoms with Gasteiger partial charge in [0.15, 0.2) is 0 Å². The highest BCUT2D eigenvalue weighted by molar-refractivity contribution is 9.11. The van der Waals surface area contributed by atoms with Crippen LogP contribution < -0.4 is 5.73 Å². The van der Waals surface area contributed by atoms with Gasteiger partial charge in [-0.05, 0) is 47.6 Å². The molecule has 0 aliphatic rings. The van der Waals surface area contributed by atoms with Crippen LogP contribution in [0.5, 0.6) is 0 Å². The predicted octanol–water partition coefficient (Wildman–Crippen LogP) is 4.60. The van der Waals surface area contributed by atoms with Crippen LogP contribution in [-0.4, -0.2) is 12.0 Å². The number of nitrogens with one attached hydrogen (secondary N) is 1. The molecule has 1 heterocycles. The summed E-state index contributed by atoms with van der Waals surface area (Å²) >= 11 is 6.96. The molecule has 2 nitrogen and oxygen atoms in total. The lowest BCUT2D eigenvalue weighted by Gasteiger charge is -1.96. The van der Waals surface area contributed by atoms with Gasteiger partial charge in [-0.2, -0.15) is 0 Å². The topological polar surface area (TPSA) is 41.8 Å². The number of aromatic nitrogens is 1. The molecule has 0 radical (unpaired) electrons. The predicted molar refractivity (Wildman–Crippen MR) is 79.9 cm³/mol. The first-order valence-electron chi connectivity index (χ1n) is 5.19. The van der Waals surface area contributed by atoms with Crippen molar-refractivity contribution in [2.45, 2.75) is 20.8 Å². The monoisotopic (exact) mass is 348 g/mol. The molecule has 0 fully saturated rings. The van der Waals surface area contributed by atoms with Gasteiger partial charge in [0, 0.05) is 20.5 Å². The highest BCUT2D eigenvalue weighted by Gasteiger charge is 2.03. The van der Waals surface area contributed by atoms with E-state index in [0.717, 1.165) is 14.5 Å². The average Bonchev–Trinajstić information content (AvgIpc) is 2.67. The second-order valence-electron chi connectivity index (χ2n) is 2.78. The second-order valence-corrected chi connectivity index (χ2v) is 4.55. The minimum atomic E-state index is 1.10. The number of nitrogens with two attached hydrogens (primary N) is 1. The number of benzene rings is 1. The Morgan fingerprint density at radius 3 is 2.25 bits per heavy atom. The first-order chi connectivity index (χ1) is 7.68. The van der Waals surface area contributed by atoms with E-state index in [2.05, 4.69) is 55.6 Å². The number of aromatic amines is 1.